The molecule has 3 rings (SSSR count). The maximum absolute atomic E-state index is 12.5. The van der Waals surface area contributed by atoms with Crippen LogP contribution in [0.25, 0.3) is 10.9 Å². The first-order valence-electron chi connectivity index (χ1n) is 10.2. The van der Waals surface area contributed by atoms with Gasteiger partial charge in [-0.15, -0.1) is 22.9 Å². The summed E-state index contributed by atoms with van der Waals surface area (Å²) in [5, 5.41) is 14.6. The number of fused-ring (bicyclic) bond motifs is 1. The molecule has 14 heteroatoms. The highest BCUT2D eigenvalue weighted by Crippen LogP contribution is 2.25. The lowest BCUT2D eigenvalue weighted by Crippen LogP contribution is -2.27. The Bertz CT molecular complexity index is 1280. The molecular formula is C20H25ClN6O5S2. The van der Waals surface area contributed by atoms with E-state index < -0.39 is 21.7 Å². The Kier molecular flexibility index (Phi) is 8.00. The van der Waals surface area contributed by atoms with E-state index >= 15 is 0 Å². The number of ether oxygens (including phenoxy) is 1. The smallest absolute Gasteiger partial charge is 0.413 e. The zero-order chi connectivity index (χ0) is 24.9. The van der Waals surface area contributed by atoms with Crippen LogP contribution in [0.15, 0.2) is 23.6 Å². The molecule has 0 radical (unpaired) electrons. The Morgan fingerprint density at radius 3 is 2.71 bits per heavy atom. The lowest BCUT2D eigenvalue weighted by Gasteiger charge is -2.18. The number of H-pyrrole nitrogens is 1. The molecule has 2 amide bonds. The number of anilines is 3. The zero-order valence-electron chi connectivity index (χ0n) is 18.8. The summed E-state index contributed by atoms with van der Waals surface area (Å²) in [6, 6.07) is 4.84. The van der Waals surface area contributed by atoms with E-state index in [9.17, 15) is 18.0 Å². The fourth-order valence-corrected chi connectivity index (χ4v) is 4.93. The van der Waals surface area contributed by atoms with Gasteiger partial charge in [-0.25, -0.2) is 18.2 Å². The van der Waals surface area contributed by atoms with Crippen LogP contribution in [0.4, 0.5) is 21.4 Å². The molecule has 0 saturated carbocycles. The standard InChI is InChI=1S/C20H25ClN6O5S2/c1-20(2,3)32-19(29)24-18-22-13(11-33-18)10-16(28)23-17-14-9-12(5-6-15(14)25-26-17)27-34(30,31)8-4-7-21/h5-6,9,11,27H,4,7-8,10H2,1-3H3,(H,22,24,29)(H2,23,25,26,28). The second kappa shape index (κ2) is 10.6. The maximum atomic E-state index is 12.5. The SMILES string of the molecule is CC(C)(C)OC(=O)Nc1nc(CC(=O)Nc2n[nH]c3ccc(NS(=O)(=O)CCCCl)cc23)cs1. The molecule has 184 valence electrons. The summed E-state index contributed by atoms with van der Waals surface area (Å²) in [4.78, 5) is 28.6. The van der Waals surface area contributed by atoms with Crippen molar-refractivity contribution >= 4 is 72.5 Å². The molecule has 0 aliphatic carbocycles. The van der Waals surface area contributed by atoms with Gasteiger partial charge in [0, 0.05) is 22.3 Å². The molecule has 2 heterocycles. The third-order valence-corrected chi connectivity index (χ3v) is 6.59. The molecule has 0 saturated heterocycles. The van der Waals surface area contributed by atoms with Crippen LogP contribution in [0, 0.1) is 0 Å². The molecule has 1 aromatic carbocycles. The fourth-order valence-electron chi connectivity index (χ4n) is 2.83. The van der Waals surface area contributed by atoms with Gasteiger partial charge >= 0.3 is 6.09 Å². The highest BCUT2D eigenvalue weighted by Gasteiger charge is 2.18. The van der Waals surface area contributed by atoms with Gasteiger partial charge in [0.2, 0.25) is 15.9 Å². The van der Waals surface area contributed by atoms with Crippen LogP contribution < -0.4 is 15.4 Å². The molecule has 0 unspecified atom stereocenters. The van der Waals surface area contributed by atoms with Crippen molar-refractivity contribution in [3.63, 3.8) is 0 Å². The Hall–Kier alpha value is -2.90. The average molecular weight is 529 g/mol. The van der Waals surface area contributed by atoms with E-state index in [-0.39, 0.29) is 29.8 Å². The first-order chi connectivity index (χ1) is 15.9. The van der Waals surface area contributed by atoms with Crippen molar-refractivity contribution in [1.82, 2.24) is 15.2 Å². The van der Waals surface area contributed by atoms with E-state index in [1.54, 1.807) is 44.4 Å². The molecule has 3 aromatic rings. The quantitative estimate of drug-likeness (QED) is 0.307. The fraction of sp³-hybridized carbons (Fsp3) is 0.400. The molecule has 0 aliphatic heterocycles. The van der Waals surface area contributed by atoms with Crippen molar-refractivity contribution in [3.05, 3.63) is 29.3 Å². The lowest BCUT2D eigenvalue weighted by atomic mass is 10.2. The van der Waals surface area contributed by atoms with E-state index in [4.69, 9.17) is 16.3 Å². The van der Waals surface area contributed by atoms with Crippen molar-refractivity contribution < 1.29 is 22.7 Å². The topological polar surface area (TPSA) is 155 Å². The van der Waals surface area contributed by atoms with Gasteiger partial charge in [-0.2, -0.15) is 5.10 Å². The van der Waals surface area contributed by atoms with Gasteiger partial charge in [-0.3, -0.25) is 19.9 Å². The molecule has 4 N–H and O–H groups in total. The minimum absolute atomic E-state index is 0.0500. The minimum atomic E-state index is -3.54. The number of thiazole rings is 1. The second-order valence-electron chi connectivity index (χ2n) is 8.29. The van der Waals surface area contributed by atoms with Gasteiger partial charge in [0.05, 0.1) is 23.4 Å². The lowest BCUT2D eigenvalue weighted by molar-refractivity contribution is -0.115. The number of halogens is 1. The summed E-state index contributed by atoms with van der Waals surface area (Å²) in [5.41, 5.74) is 0.786. The Balaban J connectivity index is 1.64. The van der Waals surface area contributed by atoms with Crippen molar-refractivity contribution in [3.8, 4) is 0 Å². The molecule has 2 aromatic heterocycles. The van der Waals surface area contributed by atoms with Gasteiger partial charge in [0.15, 0.2) is 10.9 Å². The number of alkyl halides is 1. The molecular weight excluding hydrogens is 504 g/mol. The molecule has 0 aliphatic rings. The number of carbonyl (C=O) groups excluding carboxylic acids is 2. The van der Waals surface area contributed by atoms with Gasteiger partial charge in [-0.05, 0) is 45.4 Å². The van der Waals surface area contributed by atoms with Crippen LogP contribution in [-0.2, 0) is 26.0 Å². The van der Waals surface area contributed by atoms with Crippen LogP contribution in [0.1, 0.15) is 32.9 Å². The highest BCUT2D eigenvalue weighted by molar-refractivity contribution is 7.92. The zero-order valence-corrected chi connectivity index (χ0v) is 21.2. The number of rotatable bonds is 9. The first-order valence-corrected chi connectivity index (χ1v) is 13.3. The number of nitrogens with one attached hydrogen (secondary N) is 4. The molecule has 11 nitrogen and oxygen atoms in total. The summed E-state index contributed by atoms with van der Waals surface area (Å²) in [6.45, 7) is 5.26. The summed E-state index contributed by atoms with van der Waals surface area (Å²) < 4.78 is 31.9. The number of hydrogen-bond acceptors (Lipinski definition) is 8. The summed E-state index contributed by atoms with van der Waals surface area (Å²) in [5.74, 6) is 0.0249. The average Bonchev–Trinajstić information content (AvgIpc) is 3.31. The number of sulfonamides is 1. The number of aromatic nitrogens is 3. The molecule has 34 heavy (non-hydrogen) atoms. The van der Waals surface area contributed by atoms with Gasteiger partial charge < -0.3 is 10.1 Å². The second-order valence-corrected chi connectivity index (χ2v) is 11.4. The first kappa shape index (κ1) is 25.7. The number of hydrogen-bond donors (Lipinski definition) is 4. The van der Waals surface area contributed by atoms with E-state index in [2.05, 4.69) is 30.5 Å². The van der Waals surface area contributed by atoms with Crippen molar-refractivity contribution in [1.29, 1.82) is 0 Å². The van der Waals surface area contributed by atoms with E-state index in [0.29, 0.717) is 33.8 Å². The molecule has 0 fully saturated rings. The molecule has 0 bridgehead atoms. The number of amides is 2. The molecule has 0 spiro atoms. The Labute approximate surface area is 205 Å². The van der Waals surface area contributed by atoms with Gasteiger partial charge in [-0.1, -0.05) is 0 Å². The maximum Gasteiger partial charge on any atom is 0.413 e. The van der Waals surface area contributed by atoms with Crippen LogP contribution in [0.2, 0.25) is 0 Å². The van der Waals surface area contributed by atoms with Gasteiger partial charge in [0.1, 0.15) is 5.60 Å². The molecule has 0 atom stereocenters. The van der Waals surface area contributed by atoms with E-state index in [1.165, 1.54) is 11.3 Å². The Morgan fingerprint density at radius 1 is 1.24 bits per heavy atom. The highest BCUT2D eigenvalue weighted by atomic mass is 35.5. The normalized spacial score (nSPS) is 11.9. The summed E-state index contributed by atoms with van der Waals surface area (Å²) >= 11 is 6.75. The number of benzene rings is 1. The summed E-state index contributed by atoms with van der Waals surface area (Å²) in [7, 11) is -3.54. The largest absolute Gasteiger partial charge is 0.444 e. The van der Waals surface area contributed by atoms with Crippen molar-refractivity contribution in [2.45, 2.75) is 39.2 Å². The van der Waals surface area contributed by atoms with Crippen molar-refractivity contribution in [2.75, 3.05) is 27.0 Å². The van der Waals surface area contributed by atoms with Crippen molar-refractivity contribution in [2.24, 2.45) is 0 Å². The van der Waals surface area contributed by atoms with Crippen LogP contribution in [0.5, 0.6) is 0 Å². The number of carbonyl (C=O) groups is 2. The van der Waals surface area contributed by atoms with Gasteiger partial charge in [0.25, 0.3) is 0 Å². The third kappa shape index (κ3) is 7.57. The van der Waals surface area contributed by atoms with E-state index in [1.807, 2.05) is 0 Å². The monoisotopic (exact) mass is 528 g/mol. The number of nitrogens with zero attached hydrogens (tertiary/aromatic N) is 2. The number of aromatic amines is 1. The predicted octanol–water partition coefficient (Wildman–Crippen LogP) is 3.92. The van der Waals surface area contributed by atoms with E-state index in [0.717, 1.165) is 0 Å². The third-order valence-electron chi connectivity index (χ3n) is 4.14. The van der Waals surface area contributed by atoms with Crippen LogP contribution in [-0.4, -0.2) is 52.8 Å². The van der Waals surface area contributed by atoms with Crippen LogP contribution in [0.3, 0.4) is 0 Å². The minimum Gasteiger partial charge on any atom is -0.444 e. The summed E-state index contributed by atoms with van der Waals surface area (Å²) in [6.07, 6.45) is -0.349. The predicted molar refractivity (Wildman–Crippen MR) is 133 cm³/mol. The van der Waals surface area contributed by atoms with Crippen LogP contribution >= 0.6 is 22.9 Å². The Morgan fingerprint density at radius 2 is 2.00 bits per heavy atom.